The topological polar surface area (TPSA) is 48.4 Å². The Morgan fingerprint density at radius 3 is 1.87 bits per heavy atom. The fraction of sp³-hybridized carbons (Fsp3) is 0.474. The summed E-state index contributed by atoms with van der Waals surface area (Å²) in [5.74, 6) is 0.0825. The number of hydrogen-bond donors (Lipinski definition) is 1. The van der Waals surface area contributed by atoms with E-state index in [0.29, 0.717) is 21.9 Å². The van der Waals surface area contributed by atoms with Crippen molar-refractivity contribution in [2.75, 3.05) is 0 Å². The SMILES string of the molecule is CC(C)[Si](/C([N+]#N)=C(O)/C=C/c1ccccc1)(C(C)C)C(C)C. The second kappa shape index (κ2) is 8.12. The van der Waals surface area contributed by atoms with Crippen molar-refractivity contribution in [2.24, 2.45) is 0 Å². The molecule has 124 valence electrons. The molecule has 0 heterocycles. The maximum absolute atomic E-state index is 10.6. The Labute approximate surface area is 141 Å². The average Bonchev–Trinajstić information content (AvgIpc) is 2.49. The summed E-state index contributed by atoms with van der Waals surface area (Å²) >= 11 is 0. The van der Waals surface area contributed by atoms with E-state index in [9.17, 15) is 10.5 Å². The van der Waals surface area contributed by atoms with E-state index in [2.05, 4.69) is 46.5 Å². The van der Waals surface area contributed by atoms with Gasteiger partial charge in [-0.15, -0.1) is 0 Å². The lowest BCUT2D eigenvalue weighted by molar-refractivity contribution is 0.429. The molecule has 0 saturated heterocycles. The van der Waals surface area contributed by atoms with Crippen LogP contribution in [0, 0.1) is 5.39 Å². The summed E-state index contributed by atoms with van der Waals surface area (Å²) in [4.78, 5) is 3.58. The molecule has 23 heavy (non-hydrogen) atoms. The minimum atomic E-state index is -2.20. The van der Waals surface area contributed by atoms with Crippen LogP contribution in [-0.2, 0) is 0 Å². The minimum Gasteiger partial charge on any atom is -0.502 e. The van der Waals surface area contributed by atoms with Gasteiger partial charge in [-0.2, -0.15) is 0 Å². The van der Waals surface area contributed by atoms with E-state index in [1.54, 1.807) is 6.08 Å². The molecule has 1 N–H and O–H groups in total. The Kier molecular flexibility index (Phi) is 6.77. The third-order valence-corrected chi connectivity index (χ3v) is 11.8. The van der Waals surface area contributed by atoms with Gasteiger partial charge in [-0.05, 0) is 28.3 Å². The fourth-order valence-corrected chi connectivity index (χ4v) is 10.3. The van der Waals surface area contributed by atoms with Gasteiger partial charge in [0.05, 0.1) is 0 Å². The van der Waals surface area contributed by atoms with Crippen LogP contribution in [0.3, 0.4) is 0 Å². The quantitative estimate of drug-likeness (QED) is 0.279. The predicted molar refractivity (Wildman–Crippen MR) is 101 cm³/mol. The molecule has 0 aliphatic rings. The molecule has 0 spiro atoms. The molecule has 0 aromatic heterocycles. The summed E-state index contributed by atoms with van der Waals surface area (Å²) in [6.45, 7) is 13.0. The van der Waals surface area contributed by atoms with Crippen LogP contribution >= 0.6 is 0 Å². The van der Waals surface area contributed by atoms with Crippen molar-refractivity contribution in [3.8, 4) is 0 Å². The Hall–Kier alpha value is -1.86. The summed E-state index contributed by atoms with van der Waals surface area (Å²) in [6, 6.07) is 9.80. The number of aliphatic hydroxyl groups excluding tert-OH is 1. The monoisotopic (exact) mass is 329 g/mol. The van der Waals surface area contributed by atoms with Gasteiger partial charge in [-0.3, -0.25) is 0 Å². The van der Waals surface area contributed by atoms with Crippen molar-refractivity contribution < 1.29 is 5.11 Å². The summed E-state index contributed by atoms with van der Waals surface area (Å²) in [7, 11) is -2.20. The van der Waals surface area contributed by atoms with Crippen LogP contribution in [-0.4, -0.2) is 13.2 Å². The fourth-order valence-electron chi connectivity index (χ4n) is 4.00. The largest absolute Gasteiger partial charge is 0.502 e. The molecular formula is C19H29N2OSi+. The maximum atomic E-state index is 10.6. The zero-order valence-electron chi connectivity index (χ0n) is 15.1. The van der Waals surface area contributed by atoms with Crippen LogP contribution in [0.4, 0.5) is 0 Å². The summed E-state index contributed by atoms with van der Waals surface area (Å²) in [6.07, 6.45) is 3.50. The van der Waals surface area contributed by atoms with Crippen molar-refractivity contribution in [3.63, 3.8) is 0 Å². The van der Waals surface area contributed by atoms with Gasteiger partial charge in [-0.1, -0.05) is 78.0 Å². The number of benzene rings is 1. The van der Waals surface area contributed by atoms with Crippen molar-refractivity contribution >= 4 is 14.1 Å². The number of allylic oxidation sites excluding steroid dienone is 1. The Bertz CT molecular complexity index is 588. The number of hydrogen-bond acceptors (Lipinski definition) is 2. The standard InChI is InChI=1S/C19H28N2OSi/c1-14(2)23(15(3)4,16(5)6)19(21-20)18(22)13-12-17-10-8-7-9-11-17/h7-16H,1-6H3/p+1/b13-12+,19-18-. The van der Waals surface area contributed by atoms with E-state index >= 15 is 0 Å². The van der Waals surface area contributed by atoms with Gasteiger partial charge in [0.2, 0.25) is 19.2 Å². The second-order valence-electron chi connectivity index (χ2n) is 6.97. The first-order valence-corrected chi connectivity index (χ1v) is 10.5. The van der Waals surface area contributed by atoms with Crippen LogP contribution in [0.15, 0.2) is 47.5 Å². The Morgan fingerprint density at radius 1 is 1.00 bits per heavy atom. The van der Waals surface area contributed by atoms with Crippen LogP contribution in [0.2, 0.25) is 16.6 Å². The van der Waals surface area contributed by atoms with Crippen molar-refractivity contribution in [3.05, 3.63) is 58.0 Å². The third kappa shape index (κ3) is 3.91. The predicted octanol–water partition coefficient (Wildman–Crippen LogP) is 6.54. The van der Waals surface area contributed by atoms with E-state index in [4.69, 9.17) is 0 Å². The van der Waals surface area contributed by atoms with E-state index in [1.165, 1.54) is 0 Å². The third-order valence-electron chi connectivity index (χ3n) is 4.85. The van der Waals surface area contributed by atoms with E-state index < -0.39 is 8.07 Å². The van der Waals surface area contributed by atoms with E-state index in [0.717, 1.165) is 5.56 Å². The highest BCUT2D eigenvalue weighted by Crippen LogP contribution is 2.47. The van der Waals surface area contributed by atoms with Gasteiger partial charge in [0.25, 0.3) is 0 Å². The summed E-state index contributed by atoms with van der Waals surface area (Å²) in [5, 5.41) is 20.8. The molecule has 0 aliphatic carbocycles. The lowest BCUT2D eigenvalue weighted by Gasteiger charge is -2.36. The molecule has 1 aromatic carbocycles. The first-order chi connectivity index (χ1) is 10.8. The van der Waals surface area contributed by atoms with Crippen molar-refractivity contribution in [1.29, 1.82) is 5.39 Å². The van der Waals surface area contributed by atoms with Gasteiger partial charge in [0, 0.05) is 0 Å². The lowest BCUT2D eigenvalue weighted by Crippen LogP contribution is -2.46. The zero-order valence-corrected chi connectivity index (χ0v) is 16.1. The van der Waals surface area contributed by atoms with Crippen LogP contribution < -0.4 is 0 Å². The average molecular weight is 330 g/mol. The first kappa shape index (κ1) is 19.2. The molecule has 1 rings (SSSR count). The number of rotatable bonds is 6. The van der Waals surface area contributed by atoms with Crippen molar-refractivity contribution in [2.45, 2.75) is 58.2 Å². The Balaban J connectivity index is 3.41. The second-order valence-corrected chi connectivity index (χ2v) is 12.8. The van der Waals surface area contributed by atoms with Gasteiger partial charge in [0.15, 0.2) is 4.98 Å². The summed E-state index contributed by atoms with van der Waals surface area (Å²) < 4.78 is 0. The molecule has 0 fully saturated rings. The molecule has 0 radical (unpaired) electrons. The molecular weight excluding hydrogens is 300 g/mol. The maximum Gasteiger partial charge on any atom is 0.367 e. The number of nitrogens with zero attached hydrogens (tertiary/aromatic N) is 2. The van der Waals surface area contributed by atoms with Gasteiger partial charge in [0.1, 0.15) is 0 Å². The molecule has 0 aliphatic heterocycles. The molecule has 0 unspecified atom stereocenters. The van der Waals surface area contributed by atoms with E-state index in [-0.39, 0.29) is 5.76 Å². The molecule has 0 bridgehead atoms. The molecule has 3 nitrogen and oxygen atoms in total. The Morgan fingerprint density at radius 2 is 1.48 bits per heavy atom. The smallest absolute Gasteiger partial charge is 0.367 e. The van der Waals surface area contributed by atoms with Gasteiger partial charge >= 0.3 is 5.32 Å². The highest BCUT2D eigenvalue weighted by atomic mass is 28.3. The van der Waals surface area contributed by atoms with Gasteiger partial charge in [-0.25, -0.2) is 0 Å². The normalized spacial score (nSPS) is 13.7. The minimum absolute atomic E-state index is 0.0825. The number of diazo groups is 1. The molecule has 0 saturated carbocycles. The van der Waals surface area contributed by atoms with Crippen molar-refractivity contribution in [1.82, 2.24) is 0 Å². The number of aliphatic hydroxyl groups is 1. The zero-order chi connectivity index (χ0) is 17.6. The molecule has 4 heteroatoms. The van der Waals surface area contributed by atoms with Crippen LogP contribution in [0.5, 0.6) is 0 Å². The van der Waals surface area contributed by atoms with Gasteiger partial charge < -0.3 is 5.11 Å². The molecule has 0 atom stereocenters. The van der Waals surface area contributed by atoms with Crippen LogP contribution in [0.25, 0.3) is 11.1 Å². The molecule has 1 aromatic rings. The summed E-state index contributed by atoms with van der Waals surface area (Å²) in [5.41, 5.74) is 2.09. The van der Waals surface area contributed by atoms with Crippen LogP contribution in [0.1, 0.15) is 47.1 Å². The highest BCUT2D eigenvalue weighted by molar-refractivity contribution is 6.90. The first-order valence-electron chi connectivity index (χ1n) is 8.30. The lowest BCUT2D eigenvalue weighted by atomic mass is 10.2. The molecule has 0 amide bonds. The van der Waals surface area contributed by atoms with E-state index in [1.807, 2.05) is 36.4 Å². The highest BCUT2D eigenvalue weighted by Gasteiger charge is 2.56.